The van der Waals surface area contributed by atoms with Crippen LogP contribution < -0.4 is 10.1 Å². The van der Waals surface area contributed by atoms with Crippen LogP contribution in [0.4, 0.5) is 5.69 Å². The van der Waals surface area contributed by atoms with Crippen LogP contribution in [-0.2, 0) is 16.1 Å². The van der Waals surface area contributed by atoms with Crippen molar-refractivity contribution in [3.8, 4) is 5.75 Å². The molecule has 36 heavy (non-hydrogen) atoms. The van der Waals surface area contributed by atoms with Crippen molar-refractivity contribution in [2.45, 2.75) is 33.4 Å². The van der Waals surface area contributed by atoms with Gasteiger partial charge < -0.3 is 14.8 Å². The third kappa shape index (κ3) is 4.84. The van der Waals surface area contributed by atoms with E-state index in [2.05, 4.69) is 5.32 Å². The predicted octanol–water partition coefficient (Wildman–Crippen LogP) is 4.29. The van der Waals surface area contributed by atoms with E-state index in [0.29, 0.717) is 22.4 Å². The van der Waals surface area contributed by atoms with Gasteiger partial charge in [0.2, 0.25) is 0 Å². The average Bonchev–Trinajstić information content (AvgIpc) is 3.11. The molecule has 0 aliphatic carbocycles. The SMILES string of the molecule is COc1ccc(CN2C(=O)c3ccccc3C2=O)cc1C(=O)OC(C)C(=O)Nc1cc(C)ccc1C. The van der Waals surface area contributed by atoms with E-state index < -0.39 is 29.8 Å². The maximum absolute atomic E-state index is 13.0. The lowest BCUT2D eigenvalue weighted by Crippen LogP contribution is -2.31. The van der Waals surface area contributed by atoms with Crippen molar-refractivity contribution in [1.29, 1.82) is 0 Å². The summed E-state index contributed by atoms with van der Waals surface area (Å²) in [6.07, 6.45) is -1.08. The Balaban J connectivity index is 1.49. The highest BCUT2D eigenvalue weighted by Crippen LogP contribution is 2.27. The molecule has 0 fully saturated rings. The minimum absolute atomic E-state index is 0.0285. The number of methoxy groups -OCH3 is 1. The molecule has 3 amide bonds. The van der Waals surface area contributed by atoms with Crippen LogP contribution in [0.15, 0.2) is 60.7 Å². The Morgan fingerprint density at radius 2 is 1.61 bits per heavy atom. The van der Waals surface area contributed by atoms with E-state index in [1.54, 1.807) is 36.4 Å². The predicted molar refractivity (Wildman–Crippen MR) is 133 cm³/mol. The highest BCUT2D eigenvalue weighted by Gasteiger charge is 2.35. The molecule has 1 N–H and O–H groups in total. The molecule has 0 aromatic heterocycles. The minimum Gasteiger partial charge on any atom is -0.496 e. The monoisotopic (exact) mass is 486 g/mol. The van der Waals surface area contributed by atoms with Crippen LogP contribution in [-0.4, -0.2) is 41.8 Å². The molecule has 0 saturated carbocycles. The minimum atomic E-state index is -1.08. The van der Waals surface area contributed by atoms with Gasteiger partial charge in [-0.15, -0.1) is 0 Å². The third-order valence-electron chi connectivity index (χ3n) is 6.01. The first-order valence-corrected chi connectivity index (χ1v) is 11.4. The van der Waals surface area contributed by atoms with E-state index in [0.717, 1.165) is 16.0 Å². The molecule has 0 saturated heterocycles. The van der Waals surface area contributed by atoms with Crippen LogP contribution in [0.3, 0.4) is 0 Å². The number of amides is 3. The molecular formula is C28H26N2O6. The molecule has 4 rings (SSSR count). The molecule has 1 atom stereocenters. The highest BCUT2D eigenvalue weighted by atomic mass is 16.5. The van der Waals surface area contributed by atoms with Crippen molar-refractivity contribution in [2.24, 2.45) is 0 Å². The molecule has 3 aromatic rings. The summed E-state index contributed by atoms with van der Waals surface area (Å²) in [5.41, 5.74) is 3.82. The van der Waals surface area contributed by atoms with Gasteiger partial charge in [0.05, 0.1) is 24.8 Å². The van der Waals surface area contributed by atoms with E-state index in [1.807, 2.05) is 32.0 Å². The van der Waals surface area contributed by atoms with E-state index in [1.165, 1.54) is 20.1 Å². The van der Waals surface area contributed by atoms with Crippen LogP contribution in [0.25, 0.3) is 0 Å². The number of nitrogens with one attached hydrogen (secondary N) is 1. The summed E-state index contributed by atoms with van der Waals surface area (Å²) in [5.74, 6) is -1.79. The summed E-state index contributed by atoms with van der Waals surface area (Å²) in [7, 11) is 1.41. The molecule has 184 valence electrons. The zero-order valence-corrected chi connectivity index (χ0v) is 20.5. The molecule has 8 nitrogen and oxygen atoms in total. The Kier molecular flexibility index (Phi) is 6.87. The maximum Gasteiger partial charge on any atom is 0.342 e. The van der Waals surface area contributed by atoms with E-state index in [4.69, 9.17) is 9.47 Å². The fourth-order valence-electron chi connectivity index (χ4n) is 3.96. The number of rotatable bonds is 7. The normalized spacial score (nSPS) is 13.3. The lowest BCUT2D eigenvalue weighted by molar-refractivity contribution is -0.123. The van der Waals surface area contributed by atoms with E-state index in [9.17, 15) is 19.2 Å². The second kappa shape index (κ2) is 10.0. The molecule has 1 unspecified atom stereocenters. The number of imide groups is 1. The topological polar surface area (TPSA) is 102 Å². The van der Waals surface area contributed by atoms with Gasteiger partial charge in [-0.05, 0) is 67.8 Å². The van der Waals surface area contributed by atoms with Gasteiger partial charge >= 0.3 is 5.97 Å². The summed E-state index contributed by atoms with van der Waals surface area (Å²) in [6, 6.07) is 17.0. The molecule has 1 aliphatic heterocycles. The number of nitrogens with zero attached hydrogens (tertiary/aromatic N) is 1. The van der Waals surface area contributed by atoms with Gasteiger partial charge in [-0.1, -0.05) is 30.3 Å². The first kappa shape index (κ1) is 24.7. The summed E-state index contributed by atoms with van der Waals surface area (Å²) in [6.45, 7) is 5.24. The molecule has 8 heteroatoms. The fraction of sp³-hybridized carbons (Fsp3) is 0.214. The Hall–Kier alpha value is -4.46. The zero-order valence-electron chi connectivity index (χ0n) is 20.5. The van der Waals surface area contributed by atoms with Gasteiger partial charge in [-0.2, -0.15) is 0 Å². The van der Waals surface area contributed by atoms with E-state index >= 15 is 0 Å². The van der Waals surface area contributed by atoms with Gasteiger partial charge in [0, 0.05) is 5.69 Å². The first-order valence-electron chi connectivity index (χ1n) is 11.4. The molecule has 3 aromatic carbocycles. The van der Waals surface area contributed by atoms with Crippen LogP contribution in [0, 0.1) is 13.8 Å². The lowest BCUT2D eigenvalue weighted by atomic mass is 10.1. The molecule has 0 bridgehead atoms. The van der Waals surface area contributed by atoms with Crippen LogP contribution in [0.5, 0.6) is 5.75 Å². The number of ether oxygens (including phenoxy) is 2. The van der Waals surface area contributed by atoms with E-state index in [-0.39, 0.29) is 17.9 Å². The molecular weight excluding hydrogens is 460 g/mol. The lowest BCUT2D eigenvalue weighted by Gasteiger charge is -2.18. The second-order valence-electron chi connectivity index (χ2n) is 8.63. The molecule has 0 radical (unpaired) electrons. The van der Waals surface area contributed by atoms with Gasteiger partial charge in [0.15, 0.2) is 6.10 Å². The largest absolute Gasteiger partial charge is 0.496 e. The van der Waals surface area contributed by atoms with Crippen molar-refractivity contribution < 1.29 is 28.7 Å². The summed E-state index contributed by atoms with van der Waals surface area (Å²) < 4.78 is 10.7. The van der Waals surface area contributed by atoms with Gasteiger partial charge in [-0.25, -0.2) is 4.79 Å². The quantitative estimate of drug-likeness (QED) is 0.395. The van der Waals surface area contributed by atoms with Gasteiger partial charge in [0.1, 0.15) is 11.3 Å². The van der Waals surface area contributed by atoms with Gasteiger partial charge in [-0.3, -0.25) is 19.3 Å². The highest BCUT2D eigenvalue weighted by molar-refractivity contribution is 6.21. The fourth-order valence-corrected chi connectivity index (χ4v) is 3.96. The number of fused-ring (bicyclic) bond motifs is 1. The van der Waals surface area contributed by atoms with Crippen molar-refractivity contribution >= 4 is 29.4 Å². The second-order valence-corrected chi connectivity index (χ2v) is 8.63. The summed E-state index contributed by atoms with van der Waals surface area (Å²) in [4.78, 5) is 52.2. The number of aryl methyl sites for hydroxylation is 2. The maximum atomic E-state index is 13.0. The molecule has 1 aliphatic rings. The van der Waals surface area contributed by atoms with Crippen molar-refractivity contribution in [1.82, 2.24) is 4.90 Å². The Labute approximate surface area is 208 Å². The number of hydrogen-bond acceptors (Lipinski definition) is 6. The smallest absolute Gasteiger partial charge is 0.342 e. The average molecular weight is 487 g/mol. The third-order valence-corrected chi connectivity index (χ3v) is 6.01. The summed E-state index contributed by atoms with van der Waals surface area (Å²) in [5, 5.41) is 2.79. The standard InChI is InChI=1S/C28H26N2O6/c1-16-9-10-17(2)23(13-16)29-25(31)18(3)36-28(34)22-14-19(11-12-24(22)35-4)15-30-26(32)20-7-5-6-8-21(20)27(30)33/h5-14,18H,15H2,1-4H3,(H,29,31). The Morgan fingerprint density at radius 3 is 2.25 bits per heavy atom. The van der Waals surface area contributed by atoms with Crippen LogP contribution in [0.1, 0.15) is 54.7 Å². The molecule has 0 spiro atoms. The number of anilines is 1. The Bertz CT molecular complexity index is 1350. The van der Waals surface area contributed by atoms with Crippen LogP contribution in [0.2, 0.25) is 0 Å². The van der Waals surface area contributed by atoms with Crippen LogP contribution >= 0.6 is 0 Å². The number of benzene rings is 3. The zero-order chi connectivity index (χ0) is 26.0. The number of carbonyl (C=O) groups is 4. The first-order chi connectivity index (χ1) is 17.2. The number of carbonyl (C=O) groups excluding carboxylic acids is 4. The van der Waals surface area contributed by atoms with Crippen molar-refractivity contribution in [3.05, 3.63) is 94.0 Å². The number of esters is 1. The number of hydrogen-bond donors (Lipinski definition) is 1. The van der Waals surface area contributed by atoms with Crippen molar-refractivity contribution in [3.63, 3.8) is 0 Å². The van der Waals surface area contributed by atoms with Crippen molar-refractivity contribution in [2.75, 3.05) is 12.4 Å². The Morgan fingerprint density at radius 1 is 0.944 bits per heavy atom. The summed E-state index contributed by atoms with van der Waals surface area (Å²) >= 11 is 0. The molecule has 1 heterocycles. The van der Waals surface area contributed by atoms with Gasteiger partial charge in [0.25, 0.3) is 17.7 Å².